The van der Waals surface area contributed by atoms with Crippen molar-refractivity contribution in [2.75, 3.05) is 38.5 Å². The van der Waals surface area contributed by atoms with E-state index in [1.165, 1.54) is 18.0 Å². The maximum Gasteiger partial charge on any atom is 0.387 e. The predicted molar refractivity (Wildman–Crippen MR) is 124 cm³/mol. The molecule has 2 aliphatic carbocycles. The lowest BCUT2D eigenvalue weighted by Crippen LogP contribution is -2.51. The van der Waals surface area contributed by atoms with E-state index in [0.29, 0.717) is 48.1 Å². The molecule has 0 radical (unpaired) electrons. The first-order valence-electron chi connectivity index (χ1n) is 12.3. The summed E-state index contributed by atoms with van der Waals surface area (Å²) in [7, 11) is 0. The van der Waals surface area contributed by atoms with E-state index in [9.17, 15) is 17.6 Å². The number of fused-ring (bicyclic) bond motifs is 1. The first-order chi connectivity index (χ1) is 16.7. The standard InChI is InChI=1S/C24H32F4N6O/c1-13(2)34-19(10-18(31-34)14-7-20(35-24(27)28)23(29)30-11-14)22-16-8-15(9-17(16)22)33-5-3-32(4-6-33)12-21(25)26/h7,10-11,13,15-17,21-22,24H,3-6,8-9,12H2,1-2H3,(H2,29,30). The fourth-order valence-electron chi connectivity index (χ4n) is 6.05. The Balaban J connectivity index is 1.26. The predicted octanol–water partition coefficient (Wildman–Crippen LogP) is 4.08. The van der Waals surface area contributed by atoms with Crippen molar-refractivity contribution in [3.05, 3.63) is 24.0 Å². The molecule has 1 saturated heterocycles. The summed E-state index contributed by atoms with van der Waals surface area (Å²) in [5.41, 5.74) is 8.10. The van der Waals surface area contributed by atoms with Gasteiger partial charge in [0.2, 0.25) is 0 Å². The molecule has 1 aliphatic heterocycles. The Kier molecular flexibility index (Phi) is 6.65. The maximum atomic E-state index is 12.7. The van der Waals surface area contributed by atoms with E-state index in [1.54, 1.807) is 0 Å². The van der Waals surface area contributed by atoms with Gasteiger partial charge in [0.05, 0.1) is 12.2 Å². The zero-order valence-electron chi connectivity index (χ0n) is 20.0. The molecular weight excluding hydrogens is 464 g/mol. The highest BCUT2D eigenvalue weighted by Crippen LogP contribution is 2.64. The van der Waals surface area contributed by atoms with Gasteiger partial charge < -0.3 is 10.5 Å². The second kappa shape index (κ2) is 9.57. The van der Waals surface area contributed by atoms with Gasteiger partial charge in [-0.2, -0.15) is 13.9 Å². The van der Waals surface area contributed by atoms with Crippen molar-refractivity contribution in [3.8, 4) is 17.0 Å². The molecule has 7 nitrogen and oxygen atoms in total. The largest absolute Gasteiger partial charge is 0.431 e. The monoisotopic (exact) mass is 496 g/mol. The van der Waals surface area contributed by atoms with Crippen molar-refractivity contribution in [3.63, 3.8) is 0 Å². The van der Waals surface area contributed by atoms with E-state index < -0.39 is 13.0 Å². The Morgan fingerprint density at radius 1 is 1.06 bits per heavy atom. The van der Waals surface area contributed by atoms with Crippen LogP contribution in [0.15, 0.2) is 18.3 Å². The van der Waals surface area contributed by atoms with Crippen LogP contribution in [-0.2, 0) is 0 Å². The van der Waals surface area contributed by atoms with E-state index in [-0.39, 0.29) is 24.2 Å². The molecule has 2 unspecified atom stereocenters. The zero-order chi connectivity index (χ0) is 24.9. The van der Waals surface area contributed by atoms with Gasteiger partial charge >= 0.3 is 6.61 Å². The molecule has 5 rings (SSSR count). The molecule has 11 heteroatoms. The third-order valence-corrected chi connectivity index (χ3v) is 7.73. The third-order valence-electron chi connectivity index (χ3n) is 7.73. The molecule has 2 aromatic heterocycles. The van der Waals surface area contributed by atoms with Crippen LogP contribution >= 0.6 is 0 Å². The molecule has 2 saturated carbocycles. The Morgan fingerprint density at radius 2 is 1.74 bits per heavy atom. The number of ether oxygens (including phenoxy) is 1. The molecule has 3 fully saturated rings. The molecule has 0 aromatic carbocycles. The SMILES string of the molecule is CC(C)n1nc(-c2cnc(N)c(OC(F)F)c2)cc1C1C2CC(N3CCN(CC(F)F)CC3)CC21. The molecule has 3 heterocycles. The lowest BCUT2D eigenvalue weighted by atomic mass is 10.0. The number of nitrogens with zero attached hydrogens (tertiary/aromatic N) is 5. The molecule has 2 N–H and O–H groups in total. The van der Waals surface area contributed by atoms with E-state index in [1.807, 2.05) is 15.6 Å². The number of halogens is 4. The lowest BCUT2D eigenvalue weighted by Gasteiger charge is -2.38. The minimum absolute atomic E-state index is 0.0876. The summed E-state index contributed by atoms with van der Waals surface area (Å²) in [6.07, 6.45) is 1.48. The van der Waals surface area contributed by atoms with Gasteiger partial charge in [0, 0.05) is 61.6 Å². The summed E-state index contributed by atoms with van der Waals surface area (Å²) < 4.78 is 57.3. The summed E-state index contributed by atoms with van der Waals surface area (Å²) in [6, 6.07) is 4.17. The Labute approximate surface area is 202 Å². The summed E-state index contributed by atoms with van der Waals surface area (Å²) in [4.78, 5) is 8.34. The summed E-state index contributed by atoms with van der Waals surface area (Å²) in [5.74, 6) is 1.36. The molecule has 192 valence electrons. The van der Waals surface area contributed by atoms with Crippen LogP contribution in [0.3, 0.4) is 0 Å². The van der Waals surface area contributed by atoms with Crippen molar-refractivity contribution in [2.24, 2.45) is 11.8 Å². The van der Waals surface area contributed by atoms with Crippen molar-refractivity contribution >= 4 is 5.82 Å². The average molecular weight is 497 g/mol. The number of rotatable bonds is 8. The summed E-state index contributed by atoms with van der Waals surface area (Å²) in [6.45, 7) is 4.15. The molecule has 2 atom stereocenters. The fourth-order valence-corrected chi connectivity index (χ4v) is 6.05. The Bertz CT molecular complexity index is 1030. The van der Waals surface area contributed by atoms with Gasteiger partial charge in [-0.15, -0.1) is 0 Å². The molecular formula is C24H32F4N6O. The highest BCUT2D eigenvalue weighted by atomic mass is 19.3. The normalized spacial score (nSPS) is 27.2. The number of nitrogen functional groups attached to an aromatic ring is 1. The quantitative estimate of drug-likeness (QED) is 0.556. The van der Waals surface area contributed by atoms with Gasteiger partial charge in [-0.3, -0.25) is 14.5 Å². The number of anilines is 1. The first kappa shape index (κ1) is 24.3. The van der Waals surface area contributed by atoms with Gasteiger partial charge in [0.25, 0.3) is 6.43 Å². The van der Waals surface area contributed by atoms with Crippen LogP contribution in [0.25, 0.3) is 11.3 Å². The lowest BCUT2D eigenvalue weighted by molar-refractivity contribution is -0.0494. The van der Waals surface area contributed by atoms with Crippen molar-refractivity contribution in [1.82, 2.24) is 24.6 Å². The zero-order valence-corrected chi connectivity index (χ0v) is 20.0. The minimum Gasteiger partial charge on any atom is -0.431 e. The number of alkyl halides is 4. The Morgan fingerprint density at radius 3 is 2.34 bits per heavy atom. The van der Waals surface area contributed by atoms with Crippen LogP contribution < -0.4 is 10.5 Å². The van der Waals surface area contributed by atoms with Gasteiger partial charge in [0.1, 0.15) is 0 Å². The smallest absolute Gasteiger partial charge is 0.387 e. The molecule has 0 bridgehead atoms. The van der Waals surface area contributed by atoms with E-state index >= 15 is 0 Å². The van der Waals surface area contributed by atoms with Crippen LogP contribution in [0.5, 0.6) is 5.75 Å². The summed E-state index contributed by atoms with van der Waals surface area (Å²) >= 11 is 0. The van der Waals surface area contributed by atoms with Gasteiger partial charge in [-0.25, -0.2) is 13.8 Å². The van der Waals surface area contributed by atoms with E-state index in [4.69, 9.17) is 10.8 Å². The molecule has 0 spiro atoms. The molecule has 3 aliphatic rings. The number of hydrogen-bond donors (Lipinski definition) is 1. The number of hydrogen-bond acceptors (Lipinski definition) is 6. The number of aromatic nitrogens is 3. The van der Waals surface area contributed by atoms with Crippen molar-refractivity contribution in [1.29, 1.82) is 0 Å². The van der Waals surface area contributed by atoms with E-state index in [0.717, 1.165) is 25.9 Å². The number of pyridine rings is 1. The number of nitrogens with two attached hydrogens (primary N) is 1. The van der Waals surface area contributed by atoms with Crippen molar-refractivity contribution in [2.45, 2.75) is 57.7 Å². The fraction of sp³-hybridized carbons (Fsp3) is 0.667. The van der Waals surface area contributed by atoms with E-state index in [2.05, 4.69) is 28.5 Å². The third kappa shape index (κ3) is 4.97. The minimum atomic E-state index is -2.98. The number of piperazine rings is 1. The van der Waals surface area contributed by atoms with Crippen LogP contribution in [0.1, 0.15) is 44.3 Å². The maximum absolute atomic E-state index is 12.7. The molecule has 2 aromatic rings. The highest BCUT2D eigenvalue weighted by Gasteiger charge is 2.58. The van der Waals surface area contributed by atoms with Gasteiger partial charge in [-0.05, 0) is 50.7 Å². The van der Waals surface area contributed by atoms with Crippen LogP contribution in [0.4, 0.5) is 23.4 Å². The second-order valence-corrected chi connectivity index (χ2v) is 10.2. The second-order valence-electron chi connectivity index (χ2n) is 10.2. The molecule has 0 amide bonds. The average Bonchev–Trinajstić information content (AvgIpc) is 3.14. The summed E-state index contributed by atoms with van der Waals surface area (Å²) in [5, 5.41) is 4.77. The van der Waals surface area contributed by atoms with Gasteiger partial charge in [-0.1, -0.05) is 0 Å². The van der Waals surface area contributed by atoms with Gasteiger partial charge in [0.15, 0.2) is 11.6 Å². The van der Waals surface area contributed by atoms with Crippen molar-refractivity contribution < 1.29 is 22.3 Å². The highest BCUT2D eigenvalue weighted by molar-refractivity contribution is 5.64. The van der Waals surface area contributed by atoms with Crippen LogP contribution in [0.2, 0.25) is 0 Å². The Hall–Kier alpha value is -2.40. The topological polar surface area (TPSA) is 72.4 Å². The first-order valence-corrected chi connectivity index (χ1v) is 12.3. The van der Waals surface area contributed by atoms with Crippen LogP contribution in [0, 0.1) is 11.8 Å². The van der Waals surface area contributed by atoms with Crippen LogP contribution in [-0.4, -0.2) is 76.4 Å². The molecule has 35 heavy (non-hydrogen) atoms.